The predicted molar refractivity (Wildman–Crippen MR) is 76.8 cm³/mol. The topological polar surface area (TPSA) is 83.4 Å². The maximum Gasteiger partial charge on any atom is 0.354 e. The van der Waals surface area contributed by atoms with Crippen molar-refractivity contribution >= 4 is 17.3 Å². The molecule has 0 N–H and O–H groups in total. The van der Waals surface area contributed by atoms with Crippen LogP contribution in [0.5, 0.6) is 11.8 Å². The van der Waals surface area contributed by atoms with E-state index in [1.54, 1.807) is 13.0 Å². The van der Waals surface area contributed by atoms with Gasteiger partial charge in [0.2, 0.25) is 11.8 Å². The fourth-order valence-electron chi connectivity index (χ4n) is 1.54. The fraction of sp³-hybridized carbons (Fsp3) is 0.385. The van der Waals surface area contributed by atoms with E-state index in [1.165, 1.54) is 13.4 Å². The van der Waals surface area contributed by atoms with Gasteiger partial charge in [0.25, 0.3) is 0 Å². The molecule has 0 bridgehead atoms. The van der Waals surface area contributed by atoms with Crippen LogP contribution < -0.4 is 9.47 Å². The monoisotopic (exact) mass is 309 g/mol. The largest absolute Gasteiger partial charge is 0.481 e. The number of esters is 1. The number of methoxy groups -OCH3 is 1. The van der Waals surface area contributed by atoms with Crippen molar-refractivity contribution in [3.8, 4) is 22.5 Å². The van der Waals surface area contributed by atoms with Gasteiger partial charge >= 0.3 is 5.97 Å². The van der Waals surface area contributed by atoms with Crippen molar-refractivity contribution in [2.45, 2.75) is 13.8 Å². The molecule has 0 atom stereocenters. The molecule has 2 rings (SSSR count). The van der Waals surface area contributed by atoms with E-state index in [2.05, 4.69) is 15.0 Å². The number of rotatable bonds is 6. The van der Waals surface area contributed by atoms with Crippen LogP contribution >= 0.6 is 11.3 Å². The molecule has 7 nitrogen and oxygen atoms in total. The van der Waals surface area contributed by atoms with E-state index in [0.717, 1.165) is 11.3 Å². The lowest BCUT2D eigenvalue weighted by Crippen LogP contribution is -2.05. The summed E-state index contributed by atoms with van der Waals surface area (Å²) in [7, 11) is 1.52. The molecular weight excluding hydrogens is 294 g/mol. The molecule has 2 aromatic rings. The van der Waals surface area contributed by atoms with E-state index in [-0.39, 0.29) is 5.88 Å². The molecule has 0 amide bonds. The molecule has 0 aliphatic carbocycles. The molecule has 0 aromatic carbocycles. The molecule has 21 heavy (non-hydrogen) atoms. The zero-order valence-corrected chi connectivity index (χ0v) is 12.8. The van der Waals surface area contributed by atoms with E-state index in [9.17, 15) is 4.79 Å². The summed E-state index contributed by atoms with van der Waals surface area (Å²) < 4.78 is 15.4. The molecule has 0 aliphatic heterocycles. The van der Waals surface area contributed by atoms with Gasteiger partial charge in [0.15, 0.2) is 4.88 Å². The minimum absolute atomic E-state index is 0.258. The number of ether oxygens (including phenoxy) is 3. The molecule has 112 valence electrons. The number of nitrogens with zero attached hydrogens (tertiary/aromatic N) is 3. The first-order valence-electron chi connectivity index (χ1n) is 6.36. The van der Waals surface area contributed by atoms with Crippen LogP contribution in [0.2, 0.25) is 0 Å². The second-order valence-corrected chi connectivity index (χ2v) is 4.75. The Balaban J connectivity index is 2.40. The van der Waals surface area contributed by atoms with Crippen molar-refractivity contribution in [1.29, 1.82) is 0 Å². The van der Waals surface area contributed by atoms with Crippen molar-refractivity contribution < 1.29 is 19.0 Å². The Kier molecular flexibility index (Phi) is 5.04. The van der Waals surface area contributed by atoms with Crippen molar-refractivity contribution in [3.63, 3.8) is 0 Å². The van der Waals surface area contributed by atoms with E-state index in [1.807, 2.05) is 6.92 Å². The van der Waals surface area contributed by atoms with Crippen LogP contribution in [0.15, 0.2) is 12.4 Å². The maximum atomic E-state index is 11.9. The van der Waals surface area contributed by atoms with Crippen LogP contribution in [0, 0.1) is 0 Å². The van der Waals surface area contributed by atoms with Crippen LogP contribution in [0.1, 0.15) is 23.5 Å². The van der Waals surface area contributed by atoms with Gasteiger partial charge in [-0.2, -0.15) is 4.98 Å². The van der Waals surface area contributed by atoms with E-state index in [0.29, 0.717) is 34.7 Å². The van der Waals surface area contributed by atoms with Gasteiger partial charge in [0.05, 0.1) is 20.3 Å². The Hall–Kier alpha value is -2.22. The lowest BCUT2D eigenvalue weighted by molar-refractivity contribution is 0.0527. The van der Waals surface area contributed by atoms with Gasteiger partial charge in [0.1, 0.15) is 17.0 Å². The van der Waals surface area contributed by atoms with Gasteiger partial charge in [0, 0.05) is 6.07 Å². The Morgan fingerprint density at radius 2 is 2.10 bits per heavy atom. The molecule has 0 spiro atoms. The molecule has 0 saturated carbocycles. The van der Waals surface area contributed by atoms with Gasteiger partial charge in [-0.05, 0) is 13.8 Å². The average molecular weight is 309 g/mol. The first kappa shape index (κ1) is 15.2. The Bertz CT molecular complexity index is 630. The van der Waals surface area contributed by atoms with Crippen LogP contribution in [0.25, 0.3) is 10.7 Å². The summed E-state index contributed by atoms with van der Waals surface area (Å²) in [5.41, 5.74) is 0.559. The number of thiazole rings is 1. The predicted octanol–water partition coefficient (Wildman–Crippen LogP) is 2.18. The number of aromatic nitrogens is 3. The Labute approximate surface area is 125 Å². The number of carbonyl (C=O) groups is 1. The Morgan fingerprint density at radius 3 is 2.76 bits per heavy atom. The zero-order valence-electron chi connectivity index (χ0n) is 12.0. The lowest BCUT2D eigenvalue weighted by atomic mass is 10.4. The summed E-state index contributed by atoms with van der Waals surface area (Å²) in [4.78, 5) is 24.6. The average Bonchev–Trinajstić information content (AvgIpc) is 2.92. The zero-order chi connectivity index (χ0) is 15.2. The standard InChI is InChI=1S/C13H15N3O4S/c1-4-19-11-10(13(17)20-5-2)21-12(16-11)8-6-9(18-3)15-7-14-8/h6-7H,4-5H2,1-3H3. The molecule has 8 heteroatoms. The first-order chi connectivity index (χ1) is 10.2. The third kappa shape index (κ3) is 3.46. The maximum absolute atomic E-state index is 11.9. The highest BCUT2D eigenvalue weighted by Gasteiger charge is 2.22. The molecular formula is C13H15N3O4S. The Morgan fingerprint density at radius 1 is 1.29 bits per heavy atom. The van der Waals surface area contributed by atoms with Gasteiger partial charge in [-0.15, -0.1) is 11.3 Å². The summed E-state index contributed by atoms with van der Waals surface area (Å²) in [6, 6.07) is 1.64. The van der Waals surface area contributed by atoms with Crippen molar-refractivity contribution in [1.82, 2.24) is 15.0 Å². The van der Waals surface area contributed by atoms with Crippen LogP contribution in [-0.4, -0.2) is 41.2 Å². The minimum atomic E-state index is -0.453. The van der Waals surface area contributed by atoms with E-state index < -0.39 is 5.97 Å². The van der Waals surface area contributed by atoms with Gasteiger partial charge < -0.3 is 14.2 Å². The van der Waals surface area contributed by atoms with Crippen molar-refractivity contribution in [2.24, 2.45) is 0 Å². The highest BCUT2D eigenvalue weighted by molar-refractivity contribution is 7.17. The first-order valence-corrected chi connectivity index (χ1v) is 7.18. The van der Waals surface area contributed by atoms with Crippen LogP contribution in [0.3, 0.4) is 0 Å². The summed E-state index contributed by atoms with van der Waals surface area (Å²) >= 11 is 1.16. The highest BCUT2D eigenvalue weighted by Crippen LogP contribution is 2.32. The fourth-order valence-corrected chi connectivity index (χ4v) is 2.42. The normalized spacial score (nSPS) is 10.2. The molecule has 0 radical (unpaired) electrons. The molecule has 2 heterocycles. The molecule has 0 aliphatic rings. The van der Waals surface area contributed by atoms with E-state index in [4.69, 9.17) is 14.2 Å². The summed E-state index contributed by atoms with van der Waals surface area (Å²) in [5, 5.41) is 0.544. The van der Waals surface area contributed by atoms with E-state index >= 15 is 0 Å². The minimum Gasteiger partial charge on any atom is -0.481 e. The molecule has 2 aromatic heterocycles. The van der Waals surface area contributed by atoms with Crippen LogP contribution in [-0.2, 0) is 4.74 Å². The van der Waals surface area contributed by atoms with Gasteiger partial charge in [-0.25, -0.2) is 14.8 Å². The summed E-state index contributed by atoms with van der Waals surface area (Å²) in [5.74, 6) is 0.227. The quantitative estimate of drug-likeness (QED) is 0.756. The number of hydrogen-bond donors (Lipinski definition) is 0. The molecule has 0 fully saturated rings. The SMILES string of the molecule is CCOC(=O)c1sc(-c2cc(OC)ncn2)nc1OCC. The third-order valence-electron chi connectivity index (χ3n) is 2.41. The summed E-state index contributed by atoms with van der Waals surface area (Å²) in [6.07, 6.45) is 1.37. The third-order valence-corrected chi connectivity index (χ3v) is 3.45. The number of carbonyl (C=O) groups excluding carboxylic acids is 1. The van der Waals surface area contributed by atoms with Crippen molar-refractivity contribution in [3.05, 3.63) is 17.3 Å². The second-order valence-electron chi connectivity index (χ2n) is 3.75. The van der Waals surface area contributed by atoms with Crippen molar-refractivity contribution in [2.75, 3.05) is 20.3 Å². The summed E-state index contributed by atoms with van der Waals surface area (Å²) in [6.45, 7) is 4.26. The lowest BCUT2D eigenvalue weighted by Gasteiger charge is -2.01. The number of hydrogen-bond acceptors (Lipinski definition) is 8. The molecule has 0 unspecified atom stereocenters. The van der Waals surface area contributed by atoms with Gasteiger partial charge in [-0.1, -0.05) is 0 Å². The van der Waals surface area contributed by atoms with Crippen LogP contribution in [0.4, 0.5) is 0 Å². The van der Waals surface area contributed by atoms with Gasteiger partial charge in [-0.3, -0.25) is 0 Å². The molecule has 0 saturated heterocycles. The smallest absolute Gasteiger partial charge is 0.354 e. The highest BCUT2D eigenvalue weighted by atomic mass is 32.1. The second kappa shape index (κ2) is 6.98.